The minimum Gasteiger partial charge on any atom is -0.332 e. The van der Waals surface area contributed by atoms with Gasteiger partial charge in [-0.1, -0.05) is 6.07 Å². The predicted octanol–water partition coefficient (Wildman–Crippen LogP) is 2.51. The molecule has 0 aliphatic heterocycles. The molecule has 1 amide bonds. The first-order valence-electron chi connectivity index (χ1n) is 5.81. The fourth-order valence-corrected chi connectivity index (χ4v) is 1.68. The lowest BCUT2D eigenvalue weighted by atomic mass is 10.1. The van der Waals surface area contributed by atoms with Crippen LogP contribution in [0, 0.1) is 5.82 Å². The van der Waals surface area contributed by atoms with E-state index < -0.39 is 42.0 Å². The Bertz CT molecular complexity index is 503. The SMILES string of the molecule is NCCN(CC(F)F)C(=O)c1cccc(C(F)(F)F)c1F. The van der Waals surface area contributed by atoms with Crippen LogP contribution in [0.4, 0.5) is 26.3 Å². The summed E-state index contributed by atoms with van der Waals surface area (Å²) in [6.07, 6.45) is -7.89. The van der Waals surface area contributed by atoms with Crippen molar-refractivity contribution in [3.63, 3.8) is 0 Å². The van der Waals surface area contributed by atoms with Crippen LogP contribution in [-0.2, 0) is 6.18 Å². The average molecular weight is 314 g/mol. The van der Waals surface area contributed by atoms with Crippen molar-refractivity contribution >= 4 is 5.91 Å². The molecule has 0 aliphatic carbocycles. The molecule has 0 unspecified atom stereocenters. The second kappa shape index (κ2) is 6.79. The van der Waals surface area contributed by atoms with E-state index >= 15 is 0 Å². The van der Waals surface area contributed by atoms with E-state index in [9.17, 15) is 31.1 Å². The zero-order valence-electron chi connectivity index (χ0n) is 10.6. The van der Waals surface area contributed by atoms with Crippen LogP contribution in [0.15, 0.2) is 18.2 Å². The van der Waals surface area contributed by atoms with Crippen molar-refractivity contribution < 1.29 is 31.1 Å². The minimum atomic E-state index is -4.98. The molecule has 9 heteroatoms. The largest absolute Gasteiger partial charge is 0.419 e. The maximum atomic E-state index is 13.8. The van der Waals surface area contributed by atoms with Gasteiger partial charge in [0.1, 0.15) is 5.82 Å². The molecule has 0 saturated heterocycles. The highest BCUT2D eigenvalue weighted by Gasteiger charge is 2.36. The van der Waals surface area contributed by atoms with Gasteiger partial charge >= 0.3 is 6.18 Å². The molecule has 1 aromatic carbocycles. The molecule has 0 heterocycles. The summed E-state index contributed by atoms with van der Waals surface area (Å²) in [5, 5.41) is 0. The van der Waals surface area contributed by atoms with E-state index in [4.69, 9.17) is 5.73 Å². The average Bonchev–Trinajstić information content (AvgIpc) is 2.36. The molecule has 0 aromatic heterocycles. The van der Waals surface area contributed by atoms with Crippen LogP contribution >= 0.6 is 0 Å². The second-order valence-corrected chi connectivity index (χ2v) is 4.10. The summed E-state index contributed by atoms with van der Waals surface area (Å²) >= 11 is 0. The monoisotopic (exact) mass is 314 g/mol. The number of carbonyl (C=O) groups excluding carboxylic acids is 1. The molecule has 0 fully saturated rings. The molecule has 21 heavy (non-hydrogen) atoms. The quantitative estimate of drug-likeness (QED) is 0.849. The summed E-state index contributed by atoms with van der Waals surface area (Å²) in [6, 6.07) is 2.11. The van der Waals surface area contributed by atoms with Crippen LogP contribution < -0.4 is 5.73 Å². The molecule has 0 aliphatic rings. The summed E-state index contributed by atoms with van der Waals surface area (Å²) in [4.78, 5) is 12.4. The van der Waals surface area contributed by atoms with Crippen molar-refractivity contribution in [2.24, 2.45) is 5.73 Å². The van der Waals surface area contributed by atoms with Crippen molar-refractivity contribution in [3.05, 3.63) is 35.1 Å². The Morgan fingerprint density at radius 2 is 1.90 bits per heavy atom. The standard InChI is InChI=1S/C12H12F6N2O/c13-9(14)6-20(5-4-19)11(21)7-2-1-3-8(10(7)15)12(16,17)18/h1-3,9H,4-6,19H2. The van der Waals surface area contributed by atoms with Crippen LogP contribution in [0.1, 0.15) is 15.9 Å². The van der Waals surface area contributed by atoms with Gasteiger partial charge < -0.3 is 10.6 Å². The molecule has 0 saturated carbocycles. The van der Waals surface area contributed by atoms with Gasteiger partial charge in [-0.15, -0.1) is 0 Å². The molecule has 0 spiro atoms. The molecule has 3 nitrogen and oxygen atoms in total. The van der Waals surface area contributed by atoms with Gasteiger partial charge in [0, 0.05) is 13.1 Å². The maximum absolute atomic E-state index is 13.8. The Morgan fingerprint density at radius 1 is 1.29 bits per heavy atom. The van der Waals surface area contributed by atoms with Gasteiger partial charge in [-0.2, -0.15) is 13.2 Å². The predicted molar refractivity (Wildman–Crippen MR) is 62.4 cm³/mol. The molecule has 118 valence electrons. The first-order valence-corrected chi connectivity index (χ1v) is 5.81. The molecular formula is C12H12F6N2O. The van der Waals surface area contributed by atoms with E-state index in [1.54, 1.807) is 0 Å². The number of amides is 1. The number of nitrogens with zero attached hydrogens (tertiary/aromatic N) is 1. The minimum absolute atomic E-state index is 0.182. The van der Waals surface area contributed by atoms with Crippen LogP contribution in [0.25, 0.3) is 0 Å². The van der Waals surface area contributed by atoms with Crippen molar-refractivity contribution in [1.82, 2.24) is 4.90 Å². The highest BCUT2D eigenvalue weighted by molar-refractivity contribution is 5.94. The number of nitrogens with two attached hydrogens (primary N) is 1. The van der Waals surface area contributed by atoms with Gasteiger partial charge in [-0.05, 0) is 12.1 Å². The summed E-state index contributed by atoms with van der Waals surface area (Å²) in [5.41, 5.74) is 2.60. The van der Waals surface area contributed by atoms with E-state index in [1.807, 2.05) is 0 Å². The number of benzene rings is 1. The number of rotatable bonds is 5. The summed E-state index contributed by atoms with van der Waals surface area (Å²) in [7, 11) is 0. The van der Waals surface area contributed by atoms with E-state index in [0.29, 0.717) is 11.0 Å². The Morgan fingerprint density at radius 3 is 2.38 bits per heavy atom. The number of carbonyl (C=O) groups is 1. The van der Waals surface area contributed by atoms with Crippen LogP contribution in [0.2, 0.25) is 0 Å². The molecule has 0 atom stereocenters. The van der Waals surface area contributed by atoms with Gasteiger partial charge in [-0.3, -0.25) is 4.79 Å². The van der Waals surface area contributed by atoms with E-state index in [2.05, 4.69) is 0 Å². The van der Waals surface area contributed by atoms with E-state index in [-0.39, 0.29) is 13.1 Å². The lowest BCUT2D eigenvalue weighted by Gasteiger charge is -2.22. The van der Waals surface area contributed by atoms with Crippen molar-refractivity contribution in [1.29, 1.82) is 0 Å². The van der Waals surface area contributed by atoms with Crippen molar-refractivity contribution in [2.75, 3.05) is 19.6 Å². The first kappa shape index (κ1) is 17.3. The van der Waals surface area contributed by atoms with Crippen LogP contribution in [-0.4, -0.2) is 36.9 Å². The summed E-state index contributed by atoms with van der Waals surface area (Å²) in [5.74, 6) is -3.05. The molecule has 0 bridgehead atoms. The Kier molecular flexibility index (Phi) is 5.59. The van der Waals surface area contributed by atoms with Crippen molar-refractivity contribution in [2.45, 2.75) is 12.6 Å². The number of hydrogen-bond acceptors (Lipinski definition) is 2. The fourth-order valence-electron chi connectivity index (χ4n) is 1.68. The molecule has 0 radical (unpaired) electrons. The Labute approximate surface area is 116 Å². The maximum Gasteiger partial charge on any atom is 0.419 e. The first-order chi connectivity index (χ1) is 9.68. The third-order valence-electron chi connectivity index (χ3n) is 2.58. The zero-order valence-corrected chi connectivity index (χ0v) is 10.6. The van der Waals surface area contributed by atoms with Crippen molar-refractivity contribution in [3.8, 4) is 0 Å². The normalized spacial score (nSPS) is 11.8. The zero-order chi connectivity index (χ0) is 16.2. The third kappa shape index (κ3) is 4.35. The number of alkyl halides is 5. The fraction of sp³-hybridized carbons (Fsp3) is 0.417. The van der Waals surface area contributed by atoms with Gasteiger partial charge in [0.25, 0.3) is 12.3 Å². The molecular weight excluding hydrogens is 302 g/mol. The van der Waals surface area contributed by atoms with Crippen LogP contribution in [0.5, 0.6) is 0 Å². The molecule has 1 aromatic rings. The van der Waals surface area contributed by atoms with Gasteiger partial charge in [0.2, 0.25) is 0 Å². The second-order valence-electron chi connectivity index (χ2n) is 4.10. The topological polar surface area (TPSA) is 46.3 Å². The third-order valence-corrected chi connectivity index (χ3v) is 2.58. The summed E-state index contributed by atoms with van der Waals surface area (Å²) < 4.78 is 76.1. The summed E-state index contributed by atoms with van der Waals surface area (Å²) in [6.45, 7) is -1.54. The number of hydrogen-bond donors (Lipinski definition) is 1. The van der Waals surface area contributed by atoms with Gasteiger partial charge in [0.15, 0.2) is 0 Å². The van der Waals surface area contributed by atoms with Gasteiger partial charge in [-0.25, -0.2) is 13.2 Å². The number of halogens is 6. The van der Waals surface area contributed by atoms with Crippen LogP contribution in [0.3, 0.4) is 0 Å². The molecule has 1 rings (SSSR count). The Balaban J connectivity index is 3.16. The van der Waals surface area contributed by atoms with Gasteiger partial charge in [0.05, 0.1) is 17.7 Å². The smallest absolute Gasteiger partial charge is 0.332 e. The highest BCUT2D eigenvalue weighted by atomic mass is 19.4. The van der Waals surface area contributed by atoms with E-state index in [0.717, 1.165) is 12.1 Å². The lowest BCUT2D eigenvalue weighted by molar-refractivity contribution is -0.140. The Hall–Kier alpha value is -1.77. The van der Waals surface area contributed by atoms with E-state index in [1.165, 1.54) is 0 Å². The lowest BCUT2D eigenvalue weighted by Crippen LogP contribution is -2.39. The highest BCUT2D eigenvalue weighted by Crippen LogP contribution is 2.32. The molecule has 2 N–H and O–H groups in total.